The first kappa shape index (κ1) is 17.9. The molecule has 134 valence electrons. The van der Waals surface area contributed by atoms with Crippen LogP contribution in [0.15, 0.2) is 28.4 Å². The summed E-state index contributed by atoms with van der Waals surface area (Å²) < 4.78 is 0.771. The van der Waals surface area contributed by atoms with E-state index >= 15 is 0 Å². The summed E-state index contributed by atoms with van der Waals surface area (Å²) in [5, 5.41) is 15.7. The zero-order valence-electron chi connectivity index (χ0n) is 14.1. The molecule has 1 aliphatic heterocycles. The molecule has 2 aliphatic rings. The number of carbonyl (C=O) groups excluding carboxylic acids is 2. The lowest BCUT2D eigenvalue weighted by atomic mass is 9.95. The number of hydrogen-bond acceptors (Lipinski definition) is 4. The van der Waals surface area contributed by atoms with Crippen LogP contribution in [0.4, 0.5) is 5.69 Å². The van der Waals surface area contributed by atoms with Crippen molar-refractivity contribution in [2.75, 3.05) is 18.4 Å². The van der Waals surface area contributed by atoms with Crippen LogP contribution in [0.5, 0.6) is 0 Å². The molecular weight excluding hydrogens is 386 g/mol. The van der Waals surface area contributed by atoms with Gasteiger partial charge in [0.2, 0.25) is 0 Å². The van der Waals surface area contributed by atoms with Gasteiger partial charge in [0.15, 0.2) is 0 Å². The van der Waals surface area contributed by atoms with Crippen LogP contribution in [0.3, 0.4) is 0 Å². The predicted molar refractivity (Wildman–Crippen MR) is 99.4 cm³/mol. The Kier molecular flexibility index (Phi) is 5.70. The monoisotopic (exact) mass is 407 g/mol. The number of aromatic nitrogens is 2. The minimum atomic E-state index is -0.246. The van der Waals surface area contributed by atoms with E-state index in [0.717, 1.165) is 30.4 Å². The fraction of sp³-hybridized carbons (Fsp3) is 0.471. The number of aromatic amines is 1. The van der Waals surface area contributed by atoms with Gasteiger partial charge in [-0.25, -0.2) is 0 Å². The number of carbonyl (C=O) groups is 2. The van der Waals surface area contributed by atoms with E-state index in [4.69, 9.17) is 0 Å². The second-order valence-electron chi connectivity index (χ2n) is 6.48. The summed E-state index contributed by atoms with van der Waals surface area (Å²) in [4.78, 5) is 25.1. The van der Waals surface area contributed by atoms with Crippen LogP contribution in [-0.2, 0) is 4.79 Å². The van der Waals surface area contributed by atoms with Gasteiger partial charge in [-0.1, -0.05) is 35.0 Å². The number of allylic oxidation sites excluding steroid dienone is 3. The molecule has 0 saturated carbocycles. The number of H-pyrrole nitrogens is 1. The molecule has 1 aliphatic carbocycles. The summed E-state index contributed by atoms with van der Waals surface area (Å²) in [6.07, 6.45) is 7.85. The lowest BCUT2D eigenvalue weighted by Crippen LogP contribution is -2.43. The first-order valence-corrected chi connectivity index (χ1v) is 9.27. The molecule has 1 aromatic rings. The Bertz CT molecular complexity index is 718. The first-order valence-electron chi connectivity index (χ1n) is 8.47. The van der Waals surface area contributed by atoms with Crippen LogP contribution in [-0.4, -0.2) is 41.1 Å². The smallest absolute Gasteiger partial charge is 0.271 e. The van der Waals surface area contributed by atoms with Crippen LogP contribution in [0, 0.1) is 5.92 Å². The van der Waals surface area contributed by atoms with E-state index in [-0.39, 0.29) is 23.6 Å². The van der Waals surface area contributed by atoms with E-state index in [9.17, 15) is 9.59 Å². The van der Waals surface area contributed by atoms with Gasteiger partial charge in [0.25, 0.3) is 11.8 Å². The van der Waals surface area contributed by atoms with Crippen molar-refractivity contribution < 1.29 is 9.59 Å². The topological polar surface area (TPSA) is 98.9 Å². The van der Waals surface area contributed by atoms with E-state index in [1.165, 1.54) is 6.20 Å². The van der Waals surface area contributed by atoms with Gasteiger partial charge in [-0.05, 0) is 38.3 Å². The zero-order valence-corrected chi connectivity index (χ0v) is 15.6. The van der Waals surface area contributed by atoms with E-state index in [2.05, 4.69) is 55.1 Å². The molecule has 0 aromatic carbocycles. The molecule has 3 rings (SSSR count). The van der Waals surface area contributed by atoms with Crippen molar-refractivity contribution in [2.24, 2.45) is 5.92 Å². The summed E-state index contributed by atoms with van der Waals surface area (Å²) in [6, 6.07) is 0.141. The maximum atomic E-state index is 12.6. The van der Waals surface area contributed by atoms with Crippen LogP contribution in [0.1, 0.15) is 36.7 Å². The summed E-state index contributed by atoms with van der Waals surface area (Å²) in [6.45, 7) is 3.84. The van der Waals surface area contributed by atoms with E-state index in [1.807, 2.05) is 6.08 Å². The predicted octanol–water partition coefficient (Wildman–Crippen LogP) is 2.07. The molecular formula is C17H22BrN5O2. The van der Waals surface area contributed by atoms with Gasteiger partial charge in [0, 0.05) is 16.1 Å². The molecule has 1 aromatic heterocycles. The SMILES string of the molecule is CC1C=CC(Br)=C(C(=O)Nc2cn[nH]c2C(=O)NC2CCNCC2)C1. The Hall–Kier alpha value is -1.93. The summed E-state index contributed by atoms with van der Waals surface area (Å²) in [5.74, 6) is -0.167. The van der Waals surface area contributed by atoms with Crippen molar-refractivity contribution in [3.05, 3.63) is 34.1 Å². The molecule has 4 N–H and O–H groups in total. The van der Waals surface area contributed by atoms with Crippen molar-refractivity contribution in [1.82, 2.24) is 20.8 Å². The number of amides is 2. The number of rotatable bonds is 4. The Morgan fingerprint density at radius 1 is 1.28 bits per heavy atom. The van der Waals surface area contributed by atoms with Gasteiger partial charge in [-0.2, -0.15) is 5.10 Å². The highest BCUT2D eigenvalue weighted by molar-refractivity contribution is 9.12. The molecule has 1 atom stereocenters. The van der Waals surface area contributed by atoms with Gasteiger partial charge in [-0.3, -0.25) is 14.7 Å². The Labute approximate surface area is 154 Å². The number of piperidine rings is 1. The van der Waals surface area contributed by atoms with E-state index in [0.29, 0.717) is 23.6 Å². The third-order valence-electron chi connectivity index (χ3n) is 4.45. The highest BCUT2D eigenvalue weighted by Crippen LogP contribution is 2.28. The van der Waals surface area contributed by atoms with Gasteiger partial charge in [-0.15, -0.1) is 0 Å². The molecule has 2 amide bonds. The average Bonchev–Trinajstić information content (AvgIpc) is 3.06. The molecule has 1 fully saturated rings. The van der Waals surface area contributed by atoms with Crippen molar-refractivity contribution in [2.45, 2.75) is 32.2 Å². The highest BCUT2D eigenvalue weighted by Gasteiger charge is 2.23. The molecule has 8 heteroatoms. The summed E-state index contributed by atoms with van der Waals surface area (Å²) in [7, 11) is 0. The van der Waals surface area contributed by atoms with Crippen molar-refractivity contribution in [1.29, 1.82) is 0 Å². The Morgan fingerprint density at radius 3 is 2.80 bits per heavy atom. The summed E-state index contributed by atoms with van der Waals surface area (Å²) >= 11 is 3.42. The molecule has 0 bridgehead atoms. The van der Waals surface area contributed by atoms with Gasteiger partial charge in [0.05, 0.1) is 11.9 Å². The van der Waals surface area contributed by atoms with Crippen LogP contribution in [0.25, 0.3) is 0 Å². The lowest BCUT2D eigenvalue weighted by molar-refractivity contribution is -0.113. The normalized spacial score (nSPS) is 21.3. The molecule has 0 spiro atoms. The summed E-state index contributed by atoms with van der Waals surface area (Å²) in [5.41, 5.74) is 1.34. The molecule has 7 nitrogen and oxygen atoms in total. The third-order valence-corrected chi connectivity index (χ3v) is 5.19. The number of nitrogens with one attached hydrogen (secondary N) is 4. The average molecular weight is 408 g/mol. The highest BCUT2D eigenvalue weighted by atomic mass is 79.9. The van der Waals surface area contributed by atoms with E-state index in [1.54, 1.807) is 0 Å². The zero-order chi connectivity index (χ0) is 17.8. The molecule has 2 heterocycles. The maximum Gasteiger partial charge on any atom is 0.271 e. The quantitative estimate of drug-likeness (QED) is 0.613. The number of anilines is 1. The largest absolute Gasteiger partial charge is 0.348 e. The molecule has 0 radical (unpaired) electrons. The third kappa shape index (κ3) is 4.38. The standard InChI is InChI=1S/C17H22BrN5O2/c1-10-2-3-13(18)12(8-10)16(24)22-14-9-20-23-15(14)17(25)21-11-4-6-19-7-5-11/h2-3,9-11,19H,4-8H2,1H3,(H,20,23)(H,21,25)(H,22,24). The van der Waals surface area contributed by atoms with Gasteiger partial charge >= 0.3 is 0 Å². The fourth-order valence-corrected chi connectivity index (χ4v) is 3.51. The minimum Gasteiger partial charge on any atom is -0.348 e. The molecule has 1 unspecified atom stereocenters. The van der Waals surface area contributed by atoms with Crippen molar-refractivity contribution in [3.8, 4) is 0 Å². The van der Waals surface area contributed by atoms with Crippen LogP contribution < -0.4 is 16.0 Å². The number of halogens is 1. The Morgan fingerprint density at radius 2 is 2.04 bits per heavy atom. The first-order chi connectivity index (χ1) is 12.0. The fourth-order valence-electron chi connectivity index (χ4n) is 3.01. The minimum absolute atomic E-state index is 0.141. The van der Waals surface area contributed by atoms with Crippen molar-refractivity contribution >= 4 is 33.4 Å². The molecule has 1 saturated heterocycles. The van der Waals surface area contributed by atoms with Gasteiger partial charge in [0.1, 0.15) is 5.69 Å². The van der Waals surface area contributed by atoms with Gasteiger partial charge < -0.3 is 16.0 Å². The number of hydrogen-bond donors (Lipinski definition) is 4. The van der Waals surface area contributed by atoms with Crippen LogP contribution in [0.2, 0.25) is 0 Å². The maximum absolute atomic E-state index is 12.6. The number of nitrogens with zero attached hydrogens (tertiary/aromatic N) is 1. The molecule has 25 heavy (non-hydrogen) atoms. The second kappa shape index (κ2) is 7.97. The Balaban J connectivity index is 1.68. The second-order valence-corrected chi connectivity index (χ2v) is 7.33. The van der Waals surface area contributed by atoms with Crippen molar-refractivity contribution in [3.63, 3.8) is 0 Å². The van der Waals surface area contributed by atoms with E-state index < -0.39 is 0 Å². The van der Waals surface area contributed by atoms with Crippen LogP contribution >= 0.6 is 15.9 Å². The lowest BCUT2D eigenvalue weighted by Gasteiger charge is -2.23.